The Hall–Kier alpha value is 0.400. The minimum atomic E-state index is -0.160. The summed E-state index contributed by atoms with van der Waals surface area (Å²) in [6.45, 7) is 5.17. The van der Waals surface area contributed by atoms with E-state index in [-0.39, 0.29) is 5.12 Å². The van der Waals surface area contributed by atoms with Crippen molar-refractivity contribution in [3.63, 3.8) is 0 Å². The highest BCUT2D eigenvalue weighted by Gasteiger charge is 2.10. The van der Waals surface area contributed by atoms with Crippen LogP contribution in [0.25, 0.3) is 0 Å². The molecule has 0 aliphatic heterocycles. The van der Waals surface area contributed by atoms with E-state index in [1.54, 1.807) is 0 Å². The van der Waals surface area contributed by atoms with Gasteiger partial charge >= 0.3 is 0 Å². The Balaban J connectivity index is 3.71. The predicted molar refractivity (Wildman–Crippen MR) is 78.7 cm³/mol. The number of allylic oxidation sites excluding steroid dienone is 1. The molecule has 5 heteroatoms. The molecule has 0 aromatic carbocycles. The van der Waals surface area contributed by atoms with Crippen molar-refractivity contribution in [2.45, 2.75) is 31.8 Å². The van der Waals surface area contributed by atoms with Gasteiger partial charge in [0, 0.05) is 6.54 Å². The number of halogens is 1. The van der Waals surface area contributed by atoms with Crippen molar-refractivity contribution in [1.82, 2.24) is 5.32 Å². The maximum absolute atomic E-state index is 10.7. The first-order valence-electron chi connectivity index (χ1n) is 5.83. The Bertz CT molecular complexity index is 220. The molecule has 2 nitrogen and oxygen atoms in total. The molecule has 1 N–H and O–H groups in total. The van der Waals surface area contributed by atoms with E-state index in [1.807, 2.05) is 5.94 Å². The molecule has 0 saturated heterocycles. The molecule has 0 fully saturated rings. The summed E-state index contributed by atoms with van der Waals surface area (Å²) in [6.07, 6.45) is 5.85. The molecule has 0 aromatic heterocycles. The van der Waals surface area contributed by atoms with Crippen LogP contribution in [0.4, 0.5) is 0 Å². The van der Waals surface area contributed by atoms with Gasteiger partial charge in [-0.2, -0.15) is 0 Å². The molecule has 0 bridgehead atoms. The van der Waals surface area contributed by atoms with E-state index < -0.39 is 0 Å². The second-order valence-corrected chi connectivity index (χ2v) is 7.30. The Morgan fingerprint density at radius 1 is 1.31 bits per heavy atom. The molecule has 3 unspecified atom stereocenters. The van der Waals surface area contributed by atoms with Crippen LogP contribution in [0.2, 0.25) is 0 Å². The number of hydrogen-bond donors (Lipinski definition) is 1. The highest BCUT2D eigenvalue weighted by Crippen LogP contribution is 2.27. The first kappa shape index (κ1) is 16.4. The van der Waals surface area contributed by atoms with Crippen LogP contribution in [0, 0.1) is 0 Å². The maximum Gasteiger partial charge on any atom is 0.147 e. The maximum atomic E-state index is 10.7. The fraction of sp³-hybridized carbons (Fsp3) is 0.818. The lowest BCUT2D eigenvalue weighted by Gasteiger charge is -2.12. The number of rotatable bonds is 10. The molecule has 0 heterocycles. The lowest BCUT2D eigenvalue weighted by atomic mass is 10.5. The van der Waals surface area contributed by atoms with Crippen LogP contribution in [-0.2, 0) is 4.79 Å². The zero-order valence-electron chi connectivity index (χ0n) is 10.1. The molecule has 94 valence electrons. The second kappa shape index (κ2) is 11.9. The zero-order chi connectivity index (χ0) is 12.2. The summed E-state index contributed by atoms with van der Waals surface area (Å²) in [4.78, 5) is 10.7. The van der Waals surface area contributed by atoms with E-state index in [0.717, 1.165) is 33.9 Å². The summed E-state index contributed by atoms with van der Waals surface area (Å²) in [5, 5.41) is 2.95. The standard InChI is InChI=1S/C11H22ClNOP2/c1-3-6-15-8-5-13-10(9-14)11(12)16-7-4-2/h11,13,15-16H,3-8H2,1-2H3. The van der Waals surface area contributed by atoms with Crippen LogP contribution < -0.4 is 5.32 Å². The average molecular weight is 282 g/mol. The molecule has 16 heavy (non-hydrogen) atoms. The Labute approximate surface area is 108 Å². The van der Waals surface area contributed by atoms with Gasteiger partial charge in [-0.25, -0.2) is 4.79 Å². The van der Waals surface area contributed by atoms with Gasteiger partial charge in [0.15, 0.2) is 0 Å². The van der Waals surface area contributed by atoms with Crippen LogP contribution in [0.15, 0.2) is 5.70 Å². The fourth-order valence-corrected chi connectivity index (χ4v) is 3.40. The van der Waals surface area contributed by atoms with Gasteiger partial charge in [0.1, 0.15) is 16.8 Å². The fourth-order valence-electron chi connectivity index (χ4n) is 1.14. The quantitative estimate of drug-likeness (QED) is 0.289. The van der Waals surface area contributed by atoms with Crippen molar-refractivity contribution in [2.75, 3.05) is 25.0 Å². The van der Waals surface area contributed by atoms with Crippen molar-refractivity contribution >= 4 is 34.7 Å². The third kappa shape index (κ3) is 8.54. The molecule has 0 aliphatic carbocycles. The molecule has 0 rings (SSSR count). The lowest BCUT2D eigenvalue weighted by molar-refractivity contribution is 0.564. The van der Waals surface area contributed by atoms with E-state index in [2.05, 4.69) is 19.2 Å². The van der Waals surface area contributed by atoms with E-state index >= 15 is 0 Å². The Morgan fingerprint density at radius 2 is 2.00 bits per heavy atom. The van der Waals surface area contributed by atoms with E-state index in [0.29, 0.717) is 14.3 Å². The first-order valence-corrected chi connectivity index (χ1v) is 8.96. The highest BCUT2D eigenvalue weighted by atomic mass is 35.5. The minimum absolute atomic E-state index is 0.160. The Kier molecular flexibility index (Phi) is 12.2. The van der Waals surface area contributed by atoms with Crippen molar-refractivity contribution in [2.24, 2.45) is 0 Å². The second-order valence-electron chi connectivity index (χ2n) is 3.51. The van der Waals surface area contributed by atoms with Gasteiger partial charge < -0.3 is 5.32 Å². The van der Waals surface area contributed by atoms with Crippen LogP contribution in [0.3, 0.4) is 0 Å². The SMILES string of the molecule is CCCPCCNC(=C=O)C(Cl)PCCC. The lowest BCUT2D eigenvalue weighted by Crippen LogP contribution is -2.21. The predicted octanol–water partition coefficient (Wildman–Crippen LogP) is 3.03. The first-order chi connectivity index (χ1) is 7.76. The van der Waals surface area contributed by atoms with Gasteiger partial charge in [0.05, 0.1) is 0 Å². The van der Waals surface area contributed by atoms with E-state index in [4.69, 9.17) is 11.6 Å². The monoisotopic (exact) mass is 281 g/mol. The summed E-state index contributed by atoms with van der Waals surface area (Å²) in [6, 6.07) is 0. The molecule has 0 spiro atoms. The number of alkyl halides is 1. The van der Waals surface area contributed by atoms with Gasteiger partial charge in [0.25, 0.3) is 0 Å². The molecule has 0 radical (unpaired) electrons. The topological polar surface area (TPSA) is 29.1 Å². The molecule has 0 aliphatic rings. The molecular weight excluding hydrogens is 260 g/mol. The molecule has 0 amide bonds. The summed E-state index contributed by atoms with van der Waals surface area (Å²) in [7, 11) is 1.59. The van der Waals surface area contributed by atoms with E-state index in [1.165, 1.54) is 12.6 Å². The summed E-state index contributed by atoms with van der Waals surface area (Å²) in [5.74, 6) is 1.94. The normalized spacial score (nSPS) is 13.4. The van der Waals surface area contributed by atoms with Crippen molar-refractivity contribution in [3.05, 3.63) is 5.70 Å². The van der Waals surface area contributed by atoms with Gasteiger partial charge in [-0.05, 0) is 18.5 Å². The third-order valence-corrected chi connectivity index (χ3v) is 5.55. The van der Waals surface area contributed by atoms with Gasteiger partial charge in [-0.15, -0.1) is 20.2 Å². The average Bonchev–Trinajstić information content (AvgIpc) is 2.31. The zero-order valence-corrected chi connectivity index (χ0v) is 12.9. The molecule has 3 atom stereocenters. The molecular formula is C11H22ClNOP2. The summed E-state index contributed by atoms with van der Waals surface area (Å²) < 4.78 is 0. The highest BCUT2D eigenvalue weighted by molar-refractivity contribution is 7.41. The van der Waals surface area contributed by atoms with Gasteiger partial charge in [-0.3, -0.25) is 0 Å². The van der Waals surface area contributed by atoms with Crippen LogP contribution in [-0.4, -0.2) is 36.1 Å². The number of hydrogen-bond acceptors (Lipinski definition) is 2. The number of nitrogens with one attached hydrogen (secondary N) is 1. The molecule has 0 saturated carbocycles. The van der Waals surface area contributed by atoms with Crippen molar-refractivity contribution < 1.29 is 4.79 Å². The van der Waals surface area contributed by atoms with E-state index in [9.17, 15) is 4.79 Å². The van der Waals surface area contributed by atoms with Crippen LogP contribution in [0.1, 0.15) is 26.7 Å². The van der Waals surface area contributed by atoms with Crippen molar-refractivity contribution in [1.29, 1.82) is 0 Å². The molecule has 0 aromatic rings. The number of carbonyl (C=O) groups excluding carboxylic acids is 1. The minimum Gasteiger partial charge on any atom is -0.378 e. The van der Waals surface area contributed by atoms with Crippen LogP contribution >= 0.6 is 28.8 Å². The van der Waals surface area contributed by atoms with Crippen LogP contribution in [0.5, 0.6) is 0 Å². The smallest absolute Gasteiger partial charge is 0.147 e. The largest absolute Gasteiger partial charge is 0.378 e. The summed E-state index contributed by atoms with van der Waals surface area (Å²) in [5.41, 5.74) is 0.551. The van der Waals surface area contributed by atoms with Gasteiger partial charge in [0.2, 0.25) is 0 Å². The van der Waals surface area contributed by atoms with Crippen molar-refractivity contribution in [3.8, 4) is 0 Å². The Morgan fingerprint density at radius 3 is 2.56 bits per heavy atom. The third-order valence-electron chi connectivity index (χ3n) is 1.98. The van der Waals surface area contributed by atoms with Gasteiger partial charge in [-0.1, -0.05) is 35.3 Å². The summed E-state index contributed by atoms with van der Waals surface area (Å²) >= 11 is 6.12.